The fourth-order valence-electron chi connectivity index (χ4n) is 2.75. The van der Waals surface area contributed by atoms with Crippen molar-refractivity contribution in [2.45, 2.75) is 45.2 Å². The Labute approximate surface area is 176 Å². The number of fused-ring (bicyclic) bond motifs is 1. The van der Waals surface area contributed by atoms with E-state index in [4.69, 9.17) is 9.72 Å². The van der Waals surface area contributed by atoms with Gasteiger partial charge in [-0.3, -0.25) is 4.99 Å². The summed E-state index contributed by atoms with van der Waals surface area (Å²) in [4.78, 5) is 9.08. The lowest BCUT2D eigenvalue weighted by Gasteiger charge is -2.27. The Kier molecular flexibility index (Phi) is 7.28. The Hall–Kier alpha value is -1.35. The average Bonchev–Trinajstić information content (AvgIpc) is 3.08. The first-order valence-electron chi connectivity index (χ1n) is 8.61. The molecule has 0 saturated carbocycles. The van der Waals surface area contributed by atoms with Gasteiger partial charge in [-0.2, -0.15) is 0 Å². The third-order valence-corrected chi connectivity index (χ3v) is 5.07. The lowest BCUT2D eigenvalue weighted by molar-refractivity contribution is 0.261. The molecule has 0 saturated heterocycles. The van der Waals surface area contributed by atoms with Crippen molar-refractivity contribution in [1.29, 1.82) is 0 Å². The standard InChI is InChI=1S/C19H26N4OS.HI/c1-19(2,3)16-12-25-17(23-16)11-21-18(20-4)22-14-9-10-24-15-8-6-5-7-13(14)15;/h5-8,12,14H,9-11H2,1-4H3,(H2,20,21,22);1H. The average molecular weight is 486 g/mol. The van der Waals surface area contributed by atoms with E-state index in [1.54, 1.807) is 18.4 Å². The summed E-state index contributed by atoms with van der Waals surface area (Å²) in [6.45, 7) is 7.94. The normalized spacial score (nSPS) is 16.9. The number of halogens is 1. The number of thiazole rings is 1. The predicted molar refractivity (Wildman–Crippen MR) is 119 cm³/mol. The van der Waals surface area contributed by atoms with E-state index in [0.29, 0.717) is 13.2 Å². The van der Waals surface area contributed by atoms with Gasteiger partial charge in [0.1, 0.15) is 10.8 Å². The Bertz CT molecular complexity index is 754. The molecular formula is C19H27IN4OS. The van der Waals surface area contributed by atoms with E-state index in [9.17, 15) is 0 Å². The predicted octanol–water partition coefficient (Wildman–Crippen LogP) is 4.25. The van der Waals surface area contributed by atoms with Crippen molar-refractivity contribution in [1.82, 2.24) is 15.6 Å². The number of guanidine groups is 1. The van der Waals surface area contributed by atoms with Crippen LogP contribution in [0.15, 0.2) is 34.6 Å². The number of rotatable bonds is 3. The zero-order chi connectivity index (χ0) is 17.9. The number of nitrogens with one attached hydrogen (secondary N) is 2. The Morgan fingerprint density at radius 2 is 2.12 bits per heavy atom. The second-order valence-electron chi connectivity index (χ2n) is 7.17. The molecule has 1 aliphatic heterocycles. The highest BCUT2D eigenvalue weighted by Crippen LogP contribution is 2.31. The first-order chi connectivity index (χ1) is 12.0. The van der Waals surface area contributed by atoms with Crippen molar-refractivity contribution >= 4 is 41.3 Å². The fraction of sp³-hybridized carbons (Fsp3) is 0.474. The van der Waals surface area contributed by atoms with Crippen LogP contribution in [-0.2, 0) is 12.0 Å². The van der Waals surface area contributed by atoms with Crippen molar-refractivity contribution in [3.05, 3.63) is 45.9 Å². The molecule has 7 heteroatoms. The number of nitrogens with zero attached hydrogens (tertiary/aromatic N) is 2. The number of aliphatic imine (C=N–C) groups is 1. The van der Waals surface area contributed by atoms with E-state index in [1.807, 2.05) is 18.2 Å². The van der Waals surface area contributed by atoms with Gasteiger partial charge in [-0.05, 0) is 6.07 Å². The van der Waals surface area contributed by atoms with Crippen LogP contribution in [0.25, 0.3) is 0 Å². The second-order valence-corrected chi connectivity index (χ2v) is 8.12. The number of ether oxygens (including phenoxy) is 1. The van der Waals surface area contributed by atoms with Gasteiger partial charge in [0, 0.05) is 29.8 Å². The summed E-state index contributed by atoms with van der Waals surface area (Å²) in [6.07, 6.45) is 0.920. The molecule has 0 bridgehead atoms. The molecule has 26 heavy (non-hydrogen) atoms. The maximum absolute atomic E-state index is 5.72. The summed E-state index contributed by atoms with van der Waals surface area (Å²) in [6, 6.07) is 8.38. The molecule has 2 aromatic rings. The van der Waals surface area contributed by atoms with Gasteiger partial charge < -0.3 is 15.4 Å². The molecule has 0 aliphatic carbocycles. The Morgan fingerprint density at radius 3 is 2.81 bits per heavy atom. The fourth-order valence-corrected chi connectivity index (χ4v) is 3.71. The summed E-state index contributed by atoms with van der Waals surface area (Å²) in [5, 5.41) is 10.1. The highest BCUT2D eigenvalue weighted by atomic mass is 127. The monoisotopic (exact) mass is 486 g/mol. The molecule has 0 amide bonds. The van der Waals surface area contributed by atoms with Crippen molar-refractivity contribution in [2.24, 2.45) is 4.99 Å². The minimum absolute atomic E-state index is 0. The van der Waals surface area contributed by atoms with Crippen molar-refractivity contribution in [2.75, 3.05) is 13.7 Å². The number of para-hydroxylation sites is 1. The second kappa shape index (κ2) is 9.03. The summed E-state index contributed by atoms with van der Waals surface area (Å²) in [7, 11) is 1.79. The minimum atomic E-state index is 0. The zero-order valence-electron chi connectivity index (χ0n) is 15.7. The van der Waals surface area contributed by atoms with Crippen LogP contribution >= 0.6 is 35.3 Å². The molecule has 2 heterocycles. The van der Waals surface area contributed by atoms with Gasteiger partial charge in [0.25, 0.3) is 0 Å². The van der Waals surface area contributed by atoms with Crippen molar-refractivity contribution in [3.63, 3.8) is 0 Å². The number of aromatic nitrogens is 1. The number of hydrogen-bond acceptors (Lipinski definition) is 4. The molecular weight excluding hydrogens is 459 g/mol. The first-order valence-corrected chi connectivity index (χ1v) is 9.49. The molecule has 5 nitrogen and oxygen atoms in total. The van der Waals surface area contributed by atoms with Gasteiger partial charge in [0.15, 0.2) is 5.96 Å². The van der Waals surface area contributed by atoms with Gasteiger partial charge in [-0.15, -0.1) is 35.3 Å². The summed E-state index contributed by atoms with van der Waals surface area (Å²) in [5.41, 5.74) is 2.40. The van der Waals surface area contributed by atoms with E-state index < -0.39 is 0 Å². The third kappa shape index (κ3) is 5.09. The maximum atomic E-state index is 5.72. The largest absolute Gasteiger partial charge is 0.493 e. The highest BCUT2D eigenvalue weighted by molar-refractivity contribution is 14.0. The zero-order valence-corrected chi connectivity index (χ0v) is 18.9. The molecule has 0 spiro atoms. The Morgan fingerprint density at radius 1 is 1.35 bits per heavy atom. The summed E-state index contributed by atoms with van der Waals surface area (Å²) >= 11 is 1.69. The van der Waals surface area contributed by atoms with Crippen LogP contribution in [0.5, 0.6) is 5.75 Å². The summed E-state index contributed by atoms with van der Waals surface area (Å²) in [5.74, 6) is 1.74. The molecule has 0 fully saturated rings. The van der Waals surface area contributed by atoms with Crippen LogP contribution in [0.2, 0.25) is 0 Å². The molecule has 1 aromatic heterocycles. The van der Waals surface area contributed by atoms with Crippen LogP contribution in [-0.4, -0.2) is 24.6 Å². The van der Waals surface area contributed by atoms with Crippen molar-refractivity contribution in [3.8, 4) is 5.75 Å². The SMILES string of the molecule is CN=C(NCc1nc(C(C)(C)C)cs1)NC1CCOc2ccccc21.I. The number of benzene rings is 1. The summed E-state index contributed by atoms with van der Waals surface area (Å²) < 4.78 is 5.72. The van der Waals surface area contributed by atoms with Crippen LogP contribution < -0.4 is 15.4 Å². The minimum Gasteiger partial charge on any atom is -0.493 e. The van der Waals surface area contributed by atoms with Crippen molar-refractivity contribution < 1.29 is 4.74 Å². The van der Waals surface area contributed by atoms with E-state index in [2.05, 4.69) is 47.8 Å². The van der Waals surface area contributed by atoms with Gasteiger partial charge in [-0.1, -0.05) is 39.0 Å². The molecule has 0 radical (unpaired) electrons. The van der Waals surface area contributed by atoms with Crippen LogP contribution in [0.1, 0.15) is 49.5 Å². The van der Waals surface area contributed by atoms with E-state index in [-0.39, 0.29) is 35.4 Å². The lowest BCUT2D eigenvalue weighted by Crippen LogP contribution is -2.40. The Balaban J connectivity index is 0.00000243. The molecule has 1 aliphatic rings. The van der Waals surface area contributed by atoms with Crippen LogP contribution in [0, 0.1) is 0 Å². The molecule has 1 aromatic carbocycles. The van der Waals surface area contributed by atoms with Gasteiger partial charge in [0.05, 0.1) is 24.9 Å². The van der Waals surface area contributed by atoms with E-state index in [1.165, 1.54) is 5.56 Å². The molecule has 1 atom stereocenters. The van der Waals surface area contributed by atoms with E-state index in [0.717, 1.165) is 28.8 Å². The van der Waals surface area contributed by atoms with Gasteiger partial charge >= 0.3 is 0 Å². The molecule has 142 valence electrons. The topological polar surface area (TPSA) is 58.5 Å². The number of hydrogen-bond donors (Lipinski definition) is 2. The highest BCUT2D eigenvalue weighted by Gasteiger charge is 2.22. The maximum Gasteiger partial charge on any atom is 0.191 e. The lowest BCUT2D eigenvalue weighted by atomic mass is 9.93. The first kappa shape index (κ1) is 21.0. The smallest absolute Gasteiger partial charge is 0.191 e. The van der Waals surface area contributed by atoms with E-state index >= 15 is 0 Å². The van der Waals surface area contributed by atoms with Crippen LogP contribution in [0.3, 0.4) is 0 Å². The molecule has 1 unspecified atom stereocenters. The quantitative estimate of drug-likeness (QED) is 0.387. The van der Waals surface area contributed by atoms with Gasteiger partial charge in [0.2, 0.25) is 0 Å². The van der Waals surface area contributed by atoms with Crippen LogP contribution in [0.4, 0.5) is 0 Å². The third-order valence-electron chi connectivity index (χ3n) is 4.22. The molecule has 2 N–H and O–H groups in total. The van der Waals surface area contributed by atoms with Gasteiger partial charge in [-0.25, -0.2) is 4.98 Å². The molecule has 3 rings (SSSR count).